The number of fused-ring (bicyclic) bond motifs is 1. The number of aryl methyl sites for hydroxylation is 1. The molecule has 2 N–H and O–H groups in total. The molecule has 1 aliphatic heterocycles. The van der Waals surface area contributed by atoms with E-state index in [2.05, 4.69) is 4.98 Å². The van der Waals surface area contributed by atoms with Gasteiger partial charge in [0, 0.05) is 19.2 Å². The largest absolute Gasteiger partial charge is 0.454 e. The Labute approximate surface area is 105 Å². The summed E-state index contributed by atoms with van der Waals surface area (Å²) in [5.74, 6) is 2.44. The Morgan fingerprint density at radius 1 is 1.33 bits per heavy atom. The third-order valence-corrected chi connectivity index (χ3v) is 3.24. The Kier molecular flexibility index (Phi) is 2.48. The number of nitrogens with zero attached hydrogens (tertiary/aromatic N) is 2. The van der Waals surface area contributed by atoms with Crippen LogP contribution in [-0.4, -0.2) is 16.3 Å². The van der Waals surface area contributed by atoms with Gasteiger partial charge in [0.25, 0.3) is 0 Å². The minimum absolute atomic E-state index is 0.284. The lowest BCUT2D eigenvalue weighted by Crippen LogP contribution is -2.05. The van der Waals surface area contributed by atoms with Crippen molar-refractivity contribution in [3.05, 3.63) is 29.6 Å². The summed E-state index contributed by atoms with van der Waals surface area (Å²) in [4.78, 5) is 4.56. The van der Waals surface area contributed by atoms with Crippen LogP contribution in [0, 0.1) is 6.92 Å². The lowest BCUT2D eigenvalue weighted by Gasteiger charge is -2.05. The topological polar surface area (TPSA) is 62.3 Å². The molecule has 0 saturated heterocycles. The van der Waals surface area contributed by atoms with E-state index in [1.165, 1.54) is 0 Å². The fraction of sp³-hybridized carbons (Fsp3) is 0.308. The summed E-state index contributed by atoms with van der Waals surface area (Å²) in [6, 6.07) is 5.84. The van der Waals surface area contributed by atoms with Gasteiger partial charge in [-0.05, 0) is 25.1 Å². The van der Waals surface area contributed by atoms with Crippen LogP contribution in [0.4, 0.5) is 0 Å². The molecule has 1 aromatic heterocycles. The molecule has 0 saturated carbocycles. The van der Waals surface area contributed by atoms with Crippen molar-refractivity contribution in [2.45, 2.75) is 13.5 Å². The Hall–Kier alpha value is -2.01. The quantitative estimate of drug-likeness (QED) is 0.872. The number of aromatic nitrogens is 2. The molecular weight excluding hydrogens is 230 g/mol. The summed E-state index contributed by atoms with van der Waals surface area (Å²) in [6.07, 6.45) is 0. The van der Waals surface area contributed by atoms with E-state index in [-0.39, 0.29) is 6.79 Å². The number of rotatable bonds is 2. The molecule has 0 radical (unpaired) electrons. The van der Waals surface area contributed by atoms with Gasteiger partial charge in [0.05, 0.1) is 11.4 Å². The molecule has 5 nitrogen and oxygen atoms in total. The molecule has 18 heavy (non-hydrogen) atoms. The van der Waals surface area contributed by atoms with Gasteiger partial charge in [-0.2, -0.15) is 0 Å². The molecule has 94 valence electrons. The van der Waals surface area contributed by atoms with Crippen LogP contribution in [0.3, 0.4) is 0 Å². The van der Waals surface area contributed by atoms with Crippen molar-refractivity contribution in [2.75, 3.05) is 6.79 Å². The molecular formula is C13H15N3O2. The third-order valence-electron chi connectivity index (χ3n) is 3.24. The second kappa shape index (κ2) is 4.03. The maximum atomic E-state index is 5.73. The van der Waals surface area contributed by atoms with Crippen molar-refractivity contribution >= 4 is 0 Å². The van der Waals surface area contributed by atoms with Crippen molar-refractivity contribution in [1.29, 1.82) is 0 Å². The molecule has 1 aromatic carbocycles. The van der Waals surface area contributed by atoms with Crippen molar-refractivity contribution in [3.8, 4) is 22.9 Å². The molecule has 0 spiro atoms. The Balaban J connectivity index is 2.10. The first-order valence-corrected chi connectivity index (χ1v) is 5.83. The van der Waals surface area contributed by atoms with Crippen molar-refractivity contribution in [2.24, 2.45) is 12.8 Å². The van der Waals surface area contributed by atoms with E-state index < -0.39 is 0 Å². The third kappa shape index (κ3) is 1.55. The summed E-state index contributed by atoms with van der Waals surface area (Å²) in [5, 5.41) is 0. The predicted molar refractivity (Wildman–Crippen MR) is 67.4 cm³/mol. The molecule has 0 fully saturated rings. The molecule has 0 aliphatic carbocycles. The van der Waals surface area contributed by atoms with Gasteiger partial charge in [-0.25, -0.2) is 4.98 Å². The molecule has 1 aliphatic rings. The van der Waals surface area contributed by atoms with Crippen LogP contribution in [-0.2, 0) is 13.6 Å². The number of benzene rings is 1. The molecule has 2 heterocycles. The summed E-state index contributed by atoms with van der Waals surface area (Å²) >= 11 is 0. The lowest BCUT2D eigenvalue weighted by atomic mass is 10.2. The highest BCUT2D eigenvalue weighted by atomic mass is 16.7. The van der Waals surface area contributed by atoms with E-state index in [1.807, 2.05) is 36.7 Å². The average molecular weight is 245 g/mol. The fourth-order valence-corrected chi connectivity index (χ4v) is 2.25. The van der Waals surface area contributed by atoms with E-state index in [0.717, 1.165) is 34.3 Å². The minimum Gasteiger partial charge on any atom is -0.454 e. The average Bonchev–Trinajstić information content (AvgIpc) is 2.93. The van der Waals surface area contributed by atoms with Crippen LogP contribution in [0.25, 0.3) is 11.4 Å². The van der Waals surface area contributed by atoms with Gasteiger partial charge >= 0.3 is 0 Å². The number of hydrogen-bond acceptors (Lipinski definition) is 4. The zero-order chi connectivity index (χ0) is 12.7. The first-order chi connectivity index (χ1) is 8.70. The number of imidazole rings is 1. The van der Waals surface area contributed by atoms with Gasteiger partial charge in [0.2, 0.25) is 6.79 Å². The van der Waals surface area contributed by atoms with Gasteiger partial charge in [-0.1, -0.05) is 0 Å². The van der Waals surface area contributed by atoms with E-state index >= 15 is 0 Å². The predicted octanol–water partition coefficient (Wildman–Crippen LogP) is 1.58. The van der Waals surface area contributed by atoms with Crippen LogP contribution in [0.1, 0.15) is 11.4 Å². The Morgan fingerprint density at radius 3 is 2.83 bits per heavy atom. The summed E-state index contributed by atoms with van der Waals surface area (Å²) in [6.45, 7) is 2.74. The van der Waals surface area contributed by atoms with E-state index in [1.54, 1.807) is 0 Å². The zero-order valence-corrected chi connectivity index (χ0v) is 10.4. The first-order valence-electron chi connectivity index (χ1n) is 5.83. The molecule has 0 amide bonds. The lowest BCUT2D eigenvalue weighted by molar-refractivity contribution is 0.174. The second-order valence-electron chi connectivity index (χ2n) is 4.30. The maximum absolute atomic E-state index is 5.73. The van der Waals surface area contributed by atoms with Crippen LogP contribution >= 0.6 is 0 Å². The van der Waals surface area contributed by atoms with Crippen molar-refractivity contribution in [1.82, 2.24) is 9.55 Å². The molecule has 0 atom stereocenters. The summed E-state index contributed by atoms with van der Waals surface area (Å²) in [7, 11) is 1.97. The monoisotopic (exact) mass is 245 g/mol. The molecule has 0 unspecified atom stereocenters. The summed E-state index contributed by atoms with van der Waals surface area (Å²) < 4.78 is 12.7. The van der Waals surface area contributed by atoms with Gasteiger partial charge < -0.3 is 19.8 Å². The first kappa shape index (κ1) is 11.1. The standard InChI is InChI=1S/C13H15N3O2/c1-8-10(6-14)16(2)13(15-8)9-3-4-11-12(5-9)18-7-17-11/h3-5H,6-7,14H2,1-2H3. The maximum Gasteiger partial charge on any atom is 0.231 e. The van der Waals surface area contributed by atoms with E-state index in [0.29, 0.717) is 6.54 Å². The van der Waals surface area contributed by atoms with Crippen molar-refractivity contribution < 1.29 is 9.47 Å². The van der Waals surface area contributed by atoms with E-state index in [9.17, 15) is 0 Å². The minimum atomic E-state index is 0.284. The highest BCUT2D eigenvalue weighted by Gasteiger charge is 2.17. The highest BCUT2D eigenvalue weighted by molar-refractivity contribution is 5.63. The number of nitrogens with two attached hydrogens (primary N) is 1. The van der Waals surface area contributed by atoms with Gasteiger partial charge in [-0.15, -0.1) is 0 Å². The molecule has 0 bridgehead atoms. The van der Waals surface area contributed by atoms with E-state index in [4.69, 9.17) is 15.2 Å². The molecule has 5 heteroatoms. The fourth-order valence-electron chi connectivity index (χ4n) is 2.25. The van der Waals surface area contributed by atoms with Crippen LogP contribution in [0.15, 0.2) is 18.2 Å². The Morgan fingerprint density at radius 2 is 2.11 bits per heavy atom. The zero-order valence-electron chi connectivity index (χ0n) is 10.4. The second-order valence-corrected chi connectivity index (χ2v) is 4.30. The number of ether oxygens (including phenoxy) is 2. The van der Waals surface area contributed by atoms with Crippen LogP contribution in [0.2, 0.25) is 0 Å². The SMILES string of the molecule is Cc1nc(-c2ccc3c(c2)OCO3)n(C)c1CN. The summed E-state index contributed by atoms with van der Waals surface area (Å²) in [5.41, 5.74) is 8.74. The molecule has 3 rings (SSSR count). The van der Waals surface area contributed by atoms with Crippen LogP contribution < -0.4 is 15.2 Å². The van der Waals surface area contributed by atoms with Gasteiger partial charge in [0.15, 0.2) is 11.5 Å². The van der Waals surface area contributed by atoms with Crippen LogP contribution in [0.5, 0.6) is 11.5 Å². The van der Waals surface area contributed by atoms with Gasteiger partial charge in [0.1, 0.15) is 5.82 Å². The number of hydrogen-bond donors (Lipinski definition) is 1. The smallest absolute Gasteiger partial charge is 0.231 e. The highest BCUT2D eigenvalue weighted by Crippen LogP contribution is 2.35. The van der Waals surface area contributed by atoms with Crippen molar-refractivity contribution in [3.63, 3.8) is 0 Å². The normalized spacial score (nSPS) is 13.1. The van der Waals surface area contributed by atoms with Gasteiger partial charge in [-0.3, -0.25) is 0 Å². The molecule has 2 aromatic rings. The Bertz CT molecular complexity index is 605.